The van der Waals surface area contributed by atoms with E-state index in [9.17, 15) is 19.5 Å². The van der Waals surface area contributed by atoms with Crippen molar-refractivity contribution in [2.45, 2.75) is 44.1 Å². The predicted octanol–water partition coefficient (Wildman–Crippen LogP) is -0.131. The van der Waals surface area contributed by atoms with Crippen LogP contribution in [0.1, 0.15) is 20.3 Å². The van der Waals surface area contributed by atoms with Crippen molar-refractivity contribution in [2.75, 3.05) is 26.3 Å². The number of nitrogens with zero attached hydrogens (tertiary/aromatic N) is 2. The Morgan fingerprint density at radius 1 is 1.25 bits per heavy atom. The van der Waals surface area contributed by atoms with E-state index in [2.05, 4.69) is 0 Å². The van der Waals surface area contributed by atoms with E-state index in [-0.39, 0.29) is 37.6 Å². The van der Waals surface area contributed by atoms with Crippen molar-refractivity contribution in [3.05, 3.63) is 24.3 Å². The smallest absolute Gasteiger partial charge is 0.312 e. The first-order chi connectivity index (χ1) is 13.4. The van der Waals surface area contributed by atoms with Crippen molar-refractivity contribution in [3.8, 4) is 0 Å². The van der Waals surface area contributed by atoms with Crippen LogP contribution in [-0.2, 0) is 23.9 Å². The number of likely N-dealkylation sites (tertiary alicyclic amines) is 1. The molecule has 0 aromatic carbocycles. The van der Waals surface area contributed by atoms with Crippen molar-refractivity contribution < 1.29 is 29.0 Å². The Labute approximate surface area is 163 Å². The minimum Gasteiger partial charge on any atom is -0.465 e. The van der Waals surface area contributed by atoms with E-state index in [1.165, 1.54) is 4.90 Å². The van der Waals surface area contributed by atoms with Gasteiger partial charge in [0.25, 0.3) is 0 Å². The standard InChI is InChI=1S/C20H26N2O6/c1-12(2)21-8-5-7-20-15(17(24)22(9-10-23)16(20)18(21)25)14-13(28-20)6-3-4-11-27-19(14)26/h3,5-7,12-16,23H,4,8-11H2,1-2H3/t13-,14+,15-,16?,20-/m0/s1. The molecular weight excluding hydrogens is 364 g/mol. The Balaban J connectivity index is 1.84. The molecule has 4 aliphatic heterocycles. The molecule has 8 heteroatoms. The van der Waals surface area contributed by atoms with Gasteiger partial charge in [0.05, 0.1) is 25.2 Å². The first-order valence-electron chi connectivity index (χ1n) is 9.83. The molecule has 0 bridgehead atoms. The lowest BCUT2D eigenvalue weighted by Crippen LogP contribution is -2.56. The van der Waals surface area contributed by atoms with Crippen molar-refractivity contribution in [2.24, 2.45) is 11.8 Å². The summed E-state index contributed by atoms with van der Waals surface area (Å²) in [5.41, 5.74) is -1.24. The van der Waals surface area contributed by atoms with Crippen molar-refractivity contribution in [1.82, 2.24) is 9.80 Å². The second-order valence-electron chi connectivity index (χ2n) is 7.97. The molecule has 4 aliphatic rings. The number of amides is 2. The molecule has 0 aliphatic carbocycles. The number of aliphatic hydroxyl groups excluding tert-OH is 1. The number of carbonyl (C=O) groups is 3. The molecule has 1 N–H and O–H groups in total. The maximum atomic E-state index is 13.5. The highest BCUT2D eigenvalue weighted by Gasteiger charge is 2.71. The molecule has 1 spiro atoms. The third-order valence-electron chi connectivity index (χ3n) is 6.12. The Hall–Kier alpha value is -2.19. The highest BCUT2D eigenvalue weighted by Crippen LogP contribution is 2.53. The van der Waals surface area contributed by atoms with Gasteiger partial charge in [-0.05, 0) is 20.3 Å². The molecule has 0 radical (unpaired) electrons. The van der Waals surface area contributed by atoms with Gasteiger partial charge in [-0.15, -0.1) is 0 Å². The summed E-state index contributed by atoms with van der Waals surface area (Å²) in [5.74, 6) is -2.70. The van der Waals surface area contributed by atoms with Crippen LogP contribution in [0.5, 0.6) is 0 Å². The lowest BCUT2D eigenvalue weighted by atomic mass is 9.77. The van der Waals surface area contributed by atoms with Gasteiger partial charge in [0.2, 0.25) is 11.8 Å². The fourth-order valence-electron chi connectivity index (χ4n) is 4.94. The van der Waals surface area contributed by atoms with E-state index < -0.39 is 35.6 Å². The Bertz CT molecular complexity index is 747. The number of fused-ring (bicyclic) bond motifs is 2. The Morgan fingerprint density at radius 2 is 2.04 bits per heavy atom. The lowest BCUT2D eigenvalue weighted by molar-refractivity contribution is -0.155. The monoisotopic (exact) mass is 390 g/mol. The number of hydrogen-bond donors (Lipinski definition) is 1. The van der Waals surface area contributed by atoms with Gasteiger partial charge >= 0.3 is 5.97 Å². The van der Waals surface area contributed by atoms with Gasteiger partial charge in [-0.2, -0.15) is 0 Å². The maximum Gasteiger partial charge on any atom is 0.312 e. The summed E-state index contributed by atoms with van der Waals surface area (Å²) in [7, 11) is 0. The molecule has 4 rings (SSSR count). The van der Waals surface area contributed by atoms with Crippen LogP contribution < -0.4 is 0 Å². The van der Waals surface area contributed by atoms with Crippen LogP contribution in [0.3, 0.4) is 0 Å². The third kappa shape index (κ3) is 2.62. The number of carbonyl (C=O) groups excluding carboxylic acids is 3. The minimum absolute atomic E-state index is 0.0128. The summed E-state index contributed by atoms with van der Waals surface area (Å²) in [4.78, 5) is 42.6. The number of ether oxygens (including phenoxy) is 2. The highest BCUT2D eigenvalue weighted by molar-refractivity contribution is 5.99. The molecule has 0 aromatic heterocycles. The number of cyclic esters (lactones) is 1. The first-order valence-corrected chi connectivity index (χ1v) is 9.83. The molecule has 2 saturated heterocycles. The van der Waals surface area contributed by atoms with Gasteiger partial charge in [0, 0.05) is 19.1 Å². The molecule has 2 fully saturated rings. The summed E-state index contributed by atoms with van der Waals surface area (Å²) in [5, 5.41) is 9.51. The van der Waals surface area contributed by atoms with Crippen molar-refractivity contribution >= 4 is 17.8 Å². The third-order valence-corrected chi connectivity index (χ3v) is 6.12. The minimum atomic E-state index is -1.24. The molecule has 8 nitrogen and oxygen atoms in total. The van der Waals surface area contributed by atoms with E-state index in [0.29, 0.717) is 13.0 Å². The molecular formula is C20H26N2O6. The largest absolute Gasteiger partial charge is 0.465 e. The zero-order valence-corrected chi connectivity index (χ0v) is 16.1. The zero-order valence-electron chi connectivity index (χ0n) is 16.1. The summed E-state index contributed by atoms with van der Waals surface area (Å²) in [6, 6.07) is -0.967. The molecule has 152 valence electrons. The molecule has 28 heavy (non-hydrogen) atoms. The van der Waals surface area contributed by atoms with E-state index in [1.807, 2.05) is 32.1 Å². The van der Waals surface area contributed by atoms with E-state index in [1.54, 1.807) is 11.0 Å². The first kappa shape index (κ1) is 19.1. The lowest BCUT2D eigenvalue weighted by Gasteiger charge is -2.36. The van der Waals surface area contributed by atoms with E-state index >= 15 is 0 Å². The van der Waals surface area contributed by atoms with Gasteiger partial charge < -0.3 is 24.4 Å². The van der Waals surface area contributed by atoms with Gasteiger partial charge in [-0.1, -0.05) is 24.3 Å². The number of rotatable bonds is 3. The summed E-state index contributed by atoms with van der Waals surface area (Å²) < 4.78 is 11.7. The van der Waals surface area contributed by atoms with Crippen molar-refractivity contribution in [3.63, 3.8) is 0 Å². The van der Waals surface area contributed by atoms with Crippen LogP contribution in [0.4, 0.5) is 0 Å². The number of hydrogen-bond acceptors (Lipinski definition) is 6. The average molecular weight is 390 g/mol. The number of aliphatic hydroxyl groups is 1. The average Bonchev–Trinajstić information content (AvgIpc) is 3.00. The van der Waals surface area contributed by atoms with Crippen molar-refractivity contribution in [1.29, 1.82) is 0 Å². The number of β-amino-alcohol motifs (C(OH)–C–C–N with tert-alkyl or cyclic N) is 1. The normalized spacial score (nSPS) is 37.4. The second-order valence-corrected chi connectivity index (χ2v) is 7.97. The van der Waals surface area contributed by atoms with Crippen LogP contribution >= 0.6 is 0 Å². The van der Waals surface area contributed by atoms with E-state index in [4.69, 9.17) is 9.47 Å². The number of esters is 1. The SMILES string of the molecule is CC(C)N1CC=C[C@]23O[C@H]4C=CCCOC(=O)[C@H]4[C@H]2C(=O)N(CCO)C3C1=O. The second kappa shape index (κ2) is 7.00. The van der Waals surface area contributed by atoms with Crippen LogP contribution in [0.15, 0.2) is 24.3 Å². The topological polar surface area (TPSA) is 96.4 Å². The maximum absolute atomic E-state index is 13.5. The quantitative estimate of drug-likeness (QED) is 0.533. The van der Waals surface area contributed by atoms with Crippen LogP contribution in [0.2, 0.25) is 0 Å². The fraction of sp³-hybridized carbons (Fsp3) is 0.650. The van der Waals surface area contributed by atoms with Crippen LogP contribution in [-0.4, -0.2) is 82.8 Å². The van der Waals surface area contributed by atoms with Gasteiger partial charge in [-0.25, -0.2) is 0 Å². The van der Waals surface area contributed by atoms with Crippen LogP contribution in [0, 0.1) is 11.8 Å². The van der Waals surface area contributed by atoms with E-state index in [0.717, 1.165) is 0 Å². The highest BCUT2D eigenvalue weighted by atomic mass is 16.6. The van der Waals surface area contributed by atoms with Gasteiger partial charge in [0.15, 0.2) is 0 Å². The molecule has 5 atom stereocenters. The summed E-state index contributed by atoms with van der Waals surface area (Å²) >= 11 is 0. The van der Waals surface area contributed by atoms with Gasteiger partial charge in [0.1, 0.15) is 17.6 Å². The zero-order chi connectivity index (χ0) is 20.1. The summed E-state index contributed by atoms with van der Waals surface area (Å²) in [6.45, 7) is 4.23. The predicted molar refractivity (Wildman–Crippen MR) is 97.9 cm³/mol. The Morgan fingerprint density at radius 3 is 2.75 bits per heavy atom. The molecule has 2 amide bonds. The molecule has 1 unspecified atom stereocenters. The molecule has 4 heterocycles. The Kier molecular flexibility index (Phi) is 4.79. The van der Waals surface area contributed by atoms with Gasteiger partial charge in [-0.3, -0.25) is 14.4 Å². The fourth-order valence-corrected chi connectivity index (χ4v) is 4.94. The summed E-state index contributed by atoms with van der Waals surface area (Å²) in [6.07, 6.45) is 7.28. The molecule has 0 aromatic rings. The van der Waals surface area contributed by atoms with Crippen LogP contribution in [0.25, 0.3) is 0 Å². The molecule has 0 saturated carbocycles.